The average Bonchev–Trinajstić information content (AvgIpc) is 2.28. The van der Waals surface area contributed by atoms with E-state index in [0.29, 0.717) is 17.8 Å². The lowest BCUT2D eigenvalue weighted by molar-refractivity contribution is -0.119. The molecule has 0 fully saturated rings. The summed E-state index contributed by atoms with van der Waals surface area (Å²) in [4.78, 5) is 9.32. The lowest BCUT2D eigenvalue weighted by atomic mass is 10.2. The maximum absolute atomic E-state index is 12.5. The van der Waals surface area contributed by atoms with Crippen LogP contribution in [-0.4, -0.2) is 29.2 Å². The number of aromatic nitrogens is 2. The van der Waals surface area contributed by atoms with E-state index in [-0.39, 0.29) is 18.2 Å². The first-order valence-electron chi connectivity index (χ1n) is 5.73. The molecule has 1 heterocycles. The summed E-state index contributed by atoms with van der Waals surface area (Å²) in [6.07, 6.45) is -3.74. The molecule has 4 nitrogen and oxygen atoms in total. The van der Waals surface area contributed by atoms with Gasteiger partial charge in [0, 0.05) is 18.5 Å². The largest absolute Gasteiger partial charge is 0.405 e. The van der Waals surface area contributed by atoms with Crippen LogP contribution in [-0.2, 0) is 6.42 Å². The first-order valence-corrected chi connectivity index (χ1v) is 5.73. The van der Waals surface area contributed by atoms with Crippen molar-refractivity contribution in [1.82, 2.24) is 9.97 Å². The van der Waals surface area contributed by atoms with Gasteiger partial charge in [0.2, 0.25) is 0 Å². The van der Waals surface area contributed by atoms with Crippen LogP contribution in [0.1, 0.15) is 25.2 Å². The summed E-state index contributed by atoms with van der Waals surface area (Å²) in [6, 6.07) is 0. The standard InChI is InChI=1S/C11H17F3N4/c1-4-8-16-9(15)7(3)10(17-8)18(5-2)6-11(12,13)14/h4-6H2,1-3H3,(H2,15,16,17). The molecule has 0 aliphatic heterocycles. The fourth-order valence-corrected chi connectivity index (χ4v) is 1.59. The normalized spacial score (nSPS) is 11.7. The highest BCUT2D eigenvalue weighted by Gasteiger charge is 2.31. The Bertz CT molecular complexity index is 417. The van der Waals surface area contributed by atoms with Crippen molar-refractivity contribution in [1.29, 1.82) is 0 Å². The van der Waals surface area contributed by atoms with Crippen LogP contribution in [0.5, 0.6) is 0 Å². The molecule has 0 aliphatic carbocycles. The number of hydrogen-bond acceptors (Lipinski definition) is 4. The first kappa shape index (κ1) is 14.5. The van der Waals surface area contributed by atoms with E-state index in [1.165, 1.54) is 0 Å². The Kier molecular flexibility index (Phi) is 4.37. The Morgan fingerprint density at radius 1 is 1.22 bits per heavy atom. The number of anilines is 2. The molecule has 1 aromatic rings. The first-order chi connectivity index (χ1) is 8.28. The summed E-state index contributed by atoms with van der Waals surface area (Å²) in [7, 11) is 0. The van der Waals surface area contributed by atoms with Crippen molar-refractivity contribution in [2.45, 2.75) is 33.4 Å². The van der Waals surface area contributed by atoms with Gasteiger partial charge < -0.3 is 10.6 Å². The number of aryl methyl sites for hydroxylation is 1. The van der Waals surface area contributed by atoms with Crippen LogP contribution in [0.4, 0.5) is 24.8 Å². The maximum atomic E-state index is 12.5. The van der Waals surface area contributed by atoms with Gasteiger partial charge >= 0.3 is 6.18 Å². The van der Waals surface area contributed by atoms with Gasteiger partial charge in [-0.05, 0) is 13.8 Å². The molecule has 0 atom stereocenters. The van der Waals surface area contributed by atoms with Gasteiger partial charge in [0.05, 0.1) is 0 Å². The highest BCUT2D eigenvalue weighted by atomic mass is 19.4. The van der Waals surface area contributed by atoms with Crippen LogP contribution < -0.4 is 10.6 Å². The van der Waals surface area contributed by atoms with Gasteiger partial charge in [0.25, 0.3) is 0 Å². The molecule has 0 saturated carbocycles. The van der Waals surface area contributed by atoms with Gasteiger partial charge in [-0.2, -0.15) is 13.2 Å². The number of alkyl halides is 3. The minimum atomic E-state index is -4.27. The molecule has 1 rings (SSSR count). The van der Waals surface area contributed by atoms with Crippen LogP contribution in [0.15, 0.2) is 0 Å². The predicted molar refractivity (Wildman–Crippen MR) is 64.5 cm³/mol. The lowest BCUT2D eigenvalue weighted by Gasteiger charge is -2.25. The van der Waals surface area contributed by atoms with Crippen molar-refractivity contribution in [3.05, 3.63) is 11.4 Å². The summed E-state index contributed by atoms with van der Waals surface area (Å²) < 4.78 is 37.4. The third-order valence-electron chi connectivity index (χ3n) is 2.57. The van der Waals surface area contributed by atoms with E-state index >= 15 is 0 Å². The topological polar surface area (TPSA) is 55.0 Å². The number of nitrogen functional groups attached to an aromatic ring is 1. The molecule has 0 unspecified atom stereocenters. The third-order valence-corrected chi connectivity index (χ3v) is 2.57. The fourth-order valence-electron chi connectivity index (χ4n) is 1.59. The molecule has 1 aromatic heterocycles. The van der Waals surface area contributed by atoms with Crippen LogP contribution >= 0.6 is 0 Å². The van der Waals surface area contributed by atoms with Crippen LogP contribution in [0.2, 0.25) is 0 Å². The number of hydrogen-bond donors (Lipinski definition) is 1. The minimum absolute atomic E-state index is 0.208. The Morgan fingerprint density at radius 3 is 2.28 bits per heavy atom. The zero-order valence-electron chi connectivity index (χ0n) is 10.7. The van der Waals surface area contributed by atoms with Gasteiger partial charge in [0.15, 0.2) is 0 Å². The maximum Gasteiger partial charge on any atom is 0.405 e. The summed E-state index contributed by atoms with van der Waals surface area (Å²) in [5.41, 5.74) is 6.18. The molecule has 2 N–H and O–H groups in total. The molecule has 0 aliphatic rings. The number of halogens is 3. The second-order valence-electron chi connectivity index (χ2n) is 3.96. The third kappa shape index (κ3) is 3.48. The summed E-state index contributed by atoms with van der Waals surface area (Å²) in [5, 5.41) is 0. The highest BCUT2D eigenvalue weighted by Crippen LogP contribution is 2.25. The summed E-state index contributed by atoms with van der Waals surface area (Å²) >= 11 is 0. The molecule has 0 saturated heterocycles. The van der Waals surface area contributed by atoms with Crippen LogP contribution in [0.25, 0.3) is 0 Å². The monoisotopic (exact) mass is 262 g/mol. The van der Waals surface area contributed by atoms with Crippen molar-refractivity contribution in [2.75, 3.05) is 23.7 Å². The van der Waals surface area contributed by atoms with Crippen molar-refractivity contribution in [3.8, 4) is 0 Å². The summed E-state index contributed by atoms with van der Waals surface area (Å²) in [6.45, 7) is 4.27. The number of rotatable bonds is 4. The smallest absolute Gasteiger partial charge is 0.383 e. The predicted octanol–water partition coefficient (Wildman–Crippen LogP) is 2.32. The molecule has 7 heteroatoms. The number of nitrogens with zero attached hydrogens (tertiary/aromatic N) is 3. The van der Waals surface area contributed by atoms with Gasteiger partial charge in [-0.1, -0.05) is 6.92 Å². The molecular formula is C11H17F3N4. The number of nitrogens with two attached hydrogens (primary N) is 1. The molecule has 0 radical (unpaired) electrons. The highest BCUT2D eigenvalue weighted by molar-refractivity contribution is 5.56. The zero-order chi connectivity index (χ0) is 13.9. The minimum Gasteiger partial charge on any atom is -0.383 e. The average molecular weight is 262 g/mol. The zero-order valence-corrected chi connectivity index (χ0v) is 10.7. The van der Waals surface area contributed by atoms with Crippen molar-refractivity contribution < 1.29 is 13.2 Å². The molecule has 0 amide bonds. The van der Waals surface area contributed by atoms with E-state index in [0.717, 1.165) is 4.90 Å². The molecule has 0 aromatic carbocycles. The van der Waals surface area contributed by atoms with Gasteiger partial charge in [0.1, 0.15) is 24.0 Å². The molecule has 18 heavy (non-hydrogen) atoms. The molecular weight excluding hydrogens is 245 g/mol. The van der Waals surface area contributed by atoms with Crippen LogP contribution in [0, 0.1) is 6.92 Å². The quantitative estimate of drug-likeness (QED) is 0.904. The van der Waals surface area contributed by atoms with Gasteiger partial charge in [-0.25, -0.2) is 9.97 Å². The Balaban J connectivity index is 3.16. The Hall–Kier alpha value is -1.53. The van der Waals surface area contributed by atoms with E-state index < -0.39 is 12.7 Å². The molecule has 0 spiro atoms. The van der Waals surface area contributed by atoms with E-state index in [1.54, 1.807) is 13.8 Å². The molecule has 0 bridgehead atoms. The van der Waals surface area contributed by atoms with Crippen LogP contribution in [0.3, 0.4) is 0 Å². The van der Waals surface area contributed by atoms with Gasteiger partial charge in [-0.15, -0.1) is 0 Å². The van der Waals surface area contributed by atoms with E-state index in [4.69, 9.17) is 5.73 Å². The Labute approximate surface area is 104 Å². The molecule has 102 valence electrons. The Morgan fingerprint density at radius 2 is 1.83 bits per heavy atom. The van der Waals surface area contributed by atoms with Crippen molar-refractivity contribution >= 4 is 11.6 Å². The second kappa shape index (κ2) is 5.41. The van der Waals surface area contributed by atoms with Gasteiger partial charge in [-0.3, -0.25) is 0 Å². The summed E-state index contributed by atoms with van der Waals surface area (Å²) in [5.74, 6) is 0.949. The van der Waals surface area contributed by atoms with E-state index in [9.17, 15) is 13.2 Å². The second-order valence-corrected chi connectivity index (χ2v) is 3.96. The fraction of sp³-hybridized carbons (Fsp3) is 0.636. The van der Waals surface area contributed by atoms with E-state index in [2.05, 4.69) is 9.97 Å². The van der Waals surface area contributed by atoms with Crippen molar-refractivity contribution in [2.24, 2.45) is 0 Å². The van der Waals surface area contributed by atoms with E-state index in [1.807, 2.05) is 6.92 Å². The van der Waals surface area contributed by atoms with Crippen molar-refractivity contribution in [3.63, 3.8) is 0 Å². The SMILES string of the molecule is CCc1nc(N)c(C)c(N(CC)CC(F)(F)F)n1. The lowest BCUT2D eigenvalue weighted by Crippen LogP contribution is -2.35.